The zero-order valence-electron chi connectivity index (χ0n) is 13.3. The molecule has 7 heteroatoms. The molecule has 0 aliphatic carbocycles. The highest BCUT2D eigenvalue weighted by atomic mass is 79.9. The van der Waals surface area contributed by atoms with Crippen LogP contribution in [0.5, 0.6) is 0 Å². The van der Waals surface area contributed by atoms with Crippen molar-refractivity contribution in [1.29, 1.82) is 0 Å². The van der Waals surface area contributed by atoms with E-state index in [0.29, 0.717) is 11.3 Å². The Kier molecular flexibility index (Phi) is 5.44. The Hall–Kier alpha value is -1.86. The van der Waals surface area contributed by atoms with Crippen molar-refractivity contribution < 1.29 is 18.7 Å². The molecule has 1 fully saturated rings. The SMILES string of the molecule is COC(=O)C1CSC(c2ccc(F)cc2)N1C(=O)c1ccc(Br)cc1. The number of hydrogen-bond donors (Lipinski definition) is 0. The molecule has 4 nitrogen and oxygen atoms in total. The van der Waals surface area contributed by atoms with Gasteiger partial charge in [0, 0.05) is 15.8 Å². The van der Waals surface area contributed by atoms with E-state index in [1.165, 1.54) is 35.9 Å². The number of carbonyl (C=O) groups is 2. The highest BCUT2D eigenvalue weighted by Crippen LogP contribution is 2.42. The number of thioether (sulfide) groups is 1. The van der Waals surface area contributed by atoms with Crippen molar-refractivity contribution >= 4 is 39.6 Å². The van der Waals surface area contributed by atoms with Gasteiger partial charge in [-0.1, -0.05) is 28.1 Å². The van der Waals surface area contributed by atoms with E-state index in [0.717, 1.165) is 10.0 Å². The Morgan fingerprint density at radius 1 is 1.16 bits per heavy atom. The van der Waals surface area contributed by atoms with Crippen LogP contribution in [0.15, 0.2) is 53.0 Å². The largest absolute Gasteiger partial charge is 0.467 e. The number of benzene rings is 2. The van der Waals surface area contributed by atoms with Crippen LogP contribution in [0.2, 0.25) is 0 Å². The van der Waals surface area contributed by atoms with Crippen LogP contribution in [0.3, 0.4) is 0 Å². The average Bonchev–Trinajstić information content (AvgIpc) is 3.06. The van der Waals surface area contributed by atoms with Crippen molar-refractivity contribution in [3.63, 3.8) is 0 Å². The molecule has 2 unspecified atom stereocenters. The Morgan fingerprint density at radius 2 is 1.80 bits per heavy atom. The third kappa shape index (κ3) is 3.72. The second kappa shape index (κ2) is 7.58. The zero-order valence-corrected chi connectivity index (χ0v) is 15.7. The van der Waals surface area contributed by atoms with Crippen LogP contribution in [-0.2, 0) is 9.53 Å². The fraction of sp³-hybridized carbons (Fsp3) is 0.222. The highest BCUT2D eigenvalue weighted by molar-refractivity contribution is 9.10. The lowest BCUT2D eigenvalue weighted by atomic mass is 10.1. The van der Waals surface area contributed by atoms with Crippen molar-refractivity contribution in [1.82, 2.24) is 4.90 Å². The molecular formula is C18H15BrFNO3S. The van der Waals surface area contributed by atoms with E-state index in [2.05, 4.69) is 15.9 Å². The molecule has 0 spiro atoms. The standard InChI is InChI=1S/C18H15BrFNO3S/c1-24-18(23)15-10-25-17(12-4-8-14(20)9-5-12)21(15)16(22)11-2-6-13(19)7-3-11/h2-9,15,17H,10H2,1H3. The molecule has 2 atom stereocenters. The van der Waals surface area contributed by atoms with Gasteiger partial charge in [-0.3, -0.25) is 4.79 Å². The first kappa shape index (κ1) is 17.9. The first-order valence-corrected chi connectivity index (χ1v) is 9.38. The number of rotatable bonds is 3. The van der Waals surface area contributed by atoms with Gasteiger partial charge in [-0.05, 0) is 42.0 Å². The summed E-state index contributed by atoms with van der Waals surface area (Å²) < 4.78 is 18.9. The van der Waals surface area contributed by atoms with Gasteiger partial charge in [-0.15, -0.1) is 11.8 Å². The summed E-state index contributed by atoms with van der Waals surface area (Å²) in [7, 11) is 1.31. The number of esters is 1. The van der Waals surface area contributed by atoms with Crippen LogP contribution in [0.4, 0.5) is 4.39 Å². The summed E-state index contributed by atoms with van der Waals surface area (Å²) in [5.41, 5.74) is 1.25. The van der Waals surface area contributed by atoms with Gasteiger partial charge in [0.05, 0.1) is 7.11 Å². The molecule has 3 rings (SSSR count). The van der Waals surface area contributed by atoms with Crippen molar-refractivity contribution in [2.24, 2.45) is 0 Å². The van der Waals surface area contributed by atoms with Crippen LogP contribution in [0.1, 0.15) is 21.3 Å². The van der Waals surface area contributed by atoms with Crippen molar-refractivity contribution in [3.05, 3.63) is 69.9 Å². The lowest BCUT2D eigenvalue weighted by molar-refractivity contribution is -0.145. The fourth-order valence-corrected chi connectivity index (χ4v) is 4.38. The van der Waals surface area contributed by atoms with Crippen molar-refractivity contribution in [3.8, 4) is 0 Å². The van der Waals surface area contributed by atoms with E-state index in [-0.39, 0.29) is 17.1 Å². The maximum absolute atomic E-state index is 13.2. The second-order valence-electron chi connectivity index (χ2n) is 5.50. The highest BCUT2D eigenvalue weighted by Gasteiger charge is 2.43. The predicted molar refractivity (Wildman–Crippen MR) is 97.7 cm³/mol. The summed E-state index contributed by atoms with van der Waals surface area (Å²) in [6.07, 6.45) is 0. The molecule has 2 aromatic carbocycles. The van der Waals surface area contributed by atoms with Crippen LogP contribution in [-0.4, -0.2) is 35.7 Å². The van der Waals surface area contributed by atoms with Crippen molar-refractivity contribution in [2.75, 3.05) is 12.9 Å². The first-order chi connectivity index (χ1) is 12.0. The summed E-state index contributed by atoms with van der Waals surface area (Å²) in [4.78, 5) is 26.7. The fourth-order valence-electron chi connectivity index (χ4n) is 2.70. The minimum absolute atomic E-state index is 0.262. The Morgan fingerprint density at radius 3 is 2.40 bits per heavy atom. The van der Waals surface area contributed by atoms with E-state index >= 15 is 0 Å². The Labute approximate surface area is 157 Å². The summed E-state index contributed by atoms with van der Waals surface area (Å²) in [6, 6.07) is 12.2. The van der Waals surface area contributed by atoms with E-state index < -0.39 is 12.0 Å². The number of amides is 1. The molecule has 1 saturated heterocycles. The van der Waals surface area contributed by atoms with Crippen molar-refractivity contribution in [2.45, 2.75) is 11.4 Å². The Balaban J connectivity index is 1.97. The van der Waals surface area contributed by atoms with E-state index in [4.69, 9.17) is 4.74 Å². The molecule has 0 N–H and O–H groups in total. The van der Waals surface area contributed by atoms with Crippen LogP contribution in [0, 0.1) is 5.82 Å². The van der Waals surface area contributed by atoms with E-state index in [1.54, 1.807) is 36.4 Å². The molecular weight excluding hydrogens is 409 g/mol. The third-order valence-electron chi connectivity index (χ3n) is 3.95. The maximum atomic E-state index is 13.2. The Bertz CT molecular complexity index is 782. The minimum Gasteiger partial charge on any atom is -0.467 e. The molecule has 1 aliphatic heterocycles. The zero-order chi connectivity index (χ0) is 18.0. The second-order valence-corrected chi connectivity index (χ2v) is 7.52. The molecule has 1 heterocycles. The van der Waals surface area contributed by atoms with E-state index in [9.17, 15) is 14.0 Å². The number of hydrogen-bond acceptors (Lipinski definition) is 4. The number of nitrogens with zero attached hydrogens (tertiary/aromatic N) is 1. The number of halogens is 2. The average molecular weight is 424 g/mol. The van der Waals surface area contributed by atoms with Gasteiger partial charge < -0.3 is 9.64 Å². The first-order valence-electron chi connectivity index (χ1n) is 7.54. The topological polar surface area (TPSA) is 46.6 Å². The summed E-state index contributed by atoms with van der Waals surface area (Å²) in [5, 5.41) is -0.374. The molecule has 2 aromatic rings. The van der Waals surface area contributed by atoms with Gasteiger partial charge in [0.2, 0.25) is 0 Å². The quantitative estimate of drug-likeness (QED) is 0.699. The number of carbonyl (C=O) groups excluding carboxylic acids is 2. The van der Waals surface area contributed by atoms with Crippen LogP contribution in [0.25, 0.3) is 0 Å². The van der Waals surface area contributed by atoms with Gasteiger partial charge in [0.1, 0.15) is 17.2 Å². The lowest BCUT2D eigenvalue weighted by Crippen LogP contribution is -2.43. The summed E-state index contributed by atoms with van der Waals surface area (Å²) in [5.74, 6) is -0.636. The number of methoxy groups -OCH3 is 1. The molecule has 130 valence electrons. The molecule has 0 radical (unpaired) electrons. The van der Waals surface area contributed by atoms with Gasteiger partial charge in [-0.2, -0.15) is 0 Å². The van der Waals surface area contributed by atoms with Gasteiger partial charge in [-0.25, -0.2) is 9.18 Å². The van der Waals surface area contributed by atoms with Gasteiger partial charge in [0.15, 0.2) is 0 Å². The molecule has 0 saturated carbocycles. The predicted octanol–water partition coefficient (Wildman–Crippen LogP) is 4.02. The summed E-state index contributed by atoms with van der Waals surface area (Å²) in [6.45, 7) is 0. The molecule has 1 amide bonds. The molecule has 1 aliphatic rings. The minimum atomic E-state index is -0.679. The van der Waals surface area contributed by atoms with Gasteiger partial charge in [0.25, 0.3) is 5.91 Å². The molecule has 0 aromatic heterocycles. The smallest absolute Gasteiger partial charge is 0.329 e. The monoisotopic (exact) mass is 423 g/mol. The summed E-state index contributed by atoms with van der Waals surface area (Å²) >= 11 is 4.80. The van der Waals surface area contributed by atoms with Gasteiger partial charge >= 0.3 is 5.97 Å². The number of ether oxygens (including phenoxy) is 1. The molecule has 25 heavy (non-hydrogen) atoms. The normalized spacial score (nSPS) is 19.7. The van der Waals surface area contributed by atoms with Crippen LogP contribution < -0.4 is 0 Å². The lowest BCUT2D eigenvalue weighted by Gasteiger charge is -2.28. The molecule has 0 bridgehead atoms. The maximum Gasteiger partial charge on any atom is 0.329 e. The third-order valence-corrected chi connectivity index (χ3v) is 5.81. The van der Waals surface area contributed by atoms with E-state index in [1.807, 2.05) is 0 Å². The van der Waals surface area contributed by atoms with Crippen LogP contribution >= 0.6 is 27.7 Å².